The van der Waals surface area contributed by atoms with Gasteiger partial charge in [-0.05, 0) is 5.56 Å². The molecule has 1 atom stereocenters. The van der Waals surface area contributed by atoms with Crippen LogP contribution in [0.15, 0.2) is 41.5 Å². The van der Waals surface area contributed by atoms with Gasteiger partial charge in [0.2, 0.25) is 5.79 Å². The van der Waals surface area contributed by atoms with Crippen molar-refractivity contribution >= 4 is 17.5 Å². The summed E-state index contributed by atoms with van der Waals surface area (Å²) in [7, 11) is 0. The number of rotatable bonds is 3. The van der Waals surface area contributed by atoms with Crippen LogP contribution in [0.2, 0.25) is 0 Å². The molecule has 9 heteroatoms. The molecular formula is C12H13N7O2. The van der Waals surface area contributed by atoms with E-state index in [0.717, 1.165) is 0 Å². The highest BCUT2D eigenvalue weighted by Crippen LogP contribution is 2.26. The van der Waals surface area contributed by atoms with Gasteiger partial charge in [-0.25, -0.2) is 9.67 Å². The molecule has 1 unspecified atom stereocenters. The van der Waals surface area contributed by atoms with Gasteiger partial charge in [-0.3, -0.25) is 15.8 Å². The lowest BCUT2D eigenvalue weighted by Crippen LogP contribution is -2.50. The van der Waals surface area contributed by atoms with Crippen molar-refractivity contribution in [3.63, 3.8) is 0 Å². The number of benzene rings is 1. The lowest BCUT2D eigenvalue weighted by Gasteiger charge is -2.31. The number of hydrogen-bond donors (Lipinski definition) is 3. The molecule has 0 bridgehead atoms. The normalized spacial score (nSPS) is 20.3. The van der Waals surface area contributed by atoms with Crippen molar-refractivity contribution in [1.29, 1.82) is 0 Å². The van der Waals surface area contributed by atoms with E-state index in [-0.39, 0.29) is 18.1 Å². The molecule has 0 amide bonds. The number of anilines is 1. The highest BCUT2D eigenvalue weighted by molar-refractivity contribution is 5.92. The number of aliphatic imine (C=N–C) groups is 1. The topological polar surface area (TPSA) is 137 Å². The lowest BCUT2D eigenvalue weighted by molar-refractivity contribution is -0.384. The Morgan fingerprint density at radius 3 is 3.00 bits per heavy atom. The monoisotopic (exact) mass is 287 g/mol. The number of hydrogen-bond acceptors (Lipinski definition) is 7. The quantitative estimate of drug-likeness (QED) is 0.550. The number of non-ortho nitro benzene ring substituents is 1. The maximum Gasteiger partial charge on any atom is 0.269 e. The SMILES string of the molecule is NC1=NC(N)(Cc2cccc([N+](=O)[O-])c2)n2nccc2N1. The van der Waals surface area contributed by atoms with E-state index in [4.69, 9.17) is 11.5 Å². The number of nitrogens with two attached hydrogens (primary N) is 2. The van der Waals surface area contributed by atoms with E-state index >= 15 is 0 Å². The van der Waals surface area contributed by atoms with E-state index in [9.17, 15) is 10.1 Å². The Balaban J connectivity index is 1.98. The van der Waals surface area contributed by atoms with E-state index in [0.29, 0.717) is 11.4 Å². The largest absolute Gasteiger partial charge is 0.370 e. The van der Waals surface area contributed by atoms with Gasteiger partial charge in [0.1, 0.15) is 5.82 Å². The summed E-state index contributed by atoms with van der Waals surface area (Å²) >= 11 is 0. The van der Waals surface area contributed by atoms with Crippen molar-refractivity contribution in [1.82, 2.24) is 9.78 Å². The summed E-state index contributed by atoms with van der Waals surface area (Å²) in [6.45, 7) is 0. The highest BCUT2D eigenvalue weighted by atomic mass is 16.6. The van der Waals surface area contributed by atoms with Crippen LogP contribution >= 0.6 is 0 Å². The van der Waals surface area contributed by atoms with E-state index < -0.39 is 10.7 Å². The third-order valence-corrected chi connectivity index (χ3v) is 3.17. The molecule has 0 radical (unpaired) electrons. The summed E-state index contributed by atoms with van der Waals surface area (Å²) in [5, 5.41) is 17.8. The Hall–Kier alpha value is -2.94. The van der Waals surface area contributed by atoms with Crippen LogP contribution < -0.4 is 16.8 Å². The average molecular weight is 287 g/mol. The molecule has 2 aromatic rings. The molecule has 0 aliphatic carbocycles. The molecule has 9 nitrogen and oxygen atoms in total. The minimum absolute atomic E-state index is 0.00248. The fraction of sp³-hybridized carbons (Fsp3) is 0.167. The molecule has 0 saturated carbocycles. The van der Waals surface area contributed by atoms with Gasteiger partial charge in [-0.15, -0.1) is 0 Å². The molecule has 21 heavy (non-hydrogen) atoms. The zero-order valence-corrected chi connectivity index (χ0v) is 10.9. The molecule has 0 saturated heterocycles. The number of nitrogens with zero attached hydrogens (tertiary/aromatic N) is 4. The molecule has 1 aliphatic heterocycles. The summed E-state index contributed by atoms with van der Waals surface area (Å²) in [4.78, 5) is 14.6. The van der Waals surface area contributed by atoms with Crippen LogP contribution in [0.5, 0.6) is 0 Å². The number of nitro benzene ring substituents is 1. The van der Waals surface area contributed by atoms with E-state index in [1.54, 1.807) is 24.4 Å². The number of aromatic nitrogens is 2. The van der Waals surface area contributed by atoms with Gasteiger partial charge >= 0.3 is 0 Å². The van der Waals surface area contributed by atoms with Crippen LogP contribution in [0.4, 0.5) is 11.5 Å². The summed E-state index contributed by atoms with van der Waals surface area (Å²) in [5.74, 6) is -0.421. The van der Waals surface area contributed by atoms with Crippen LogP contribution in [0.1, 0.15) is 5.56 Å². The predicted octanol–water partition coefficient (Wildman–Crippen LogP) is 0.343. The van der Waals surface area contributed by atoms with Crippen molar-refractivity contribution in [3.8, 4) is 0 Å². The van der Waals surface area contributed by atoms with Crippen LogP contribution in [-0.2, 0) is 12.2 Å². The first kappa shape index (κ1) is 13.1. The molecular weight excluding hydrogens is 274 g/mol. The Labute approximate surface area is 119 Å². The first-order valence-electron chi connectivity index (χ1n) is 6.17. The third-order valence-electron chi connectivity index (χ3n) is 3.17. The predicted molar refractivity (Wildman–Crippen MR) is 76.4 cm³/mol. The lowest BCUT2D eigenvalue weighted by atomic mass is 10.1. The third kappa shape index (κ3) is 2.30. The summed E-state index contributed by atoms with van der Waals surface area (Å²) in [5.41, 5.74) is 12.7. The zero-order chi connectivity index (χ0) is 15.0. The Bertz CT molecular complexity index is 739. The summed E-state index contributed by atoms with van der Waals surface area (Å²) in [6.07, 6.45) is 1.80. The average Bonchev–Trinajstić information content (AvgIpc) is 2.87. The van der Waals surface area contributed by atoms with E-state index in [1.807, 2.05) is 0 Å². The van der Waals surface area contributed by atoms with Crippen LogP contribution in [0.3, 0.4) is 0 Å². The van der Waals surface area contributed by atoms with Gasteiger partial charge in [0.05, 0.1) is 11.1 Å². The number of nitrogens with one attached hydrogen (secondary N) is 1. The summed E-state index contributed by atoms with van der Waals surface area (Å²) < 4.78 is 1.50. The number of fused-ring (bicyclic) bond motifs is 1. The van der Waals surface area contributed by atoms with Gasteiger partial charge in [0, 0.05) is 24.6 Å². The molecule has 108 valence electrons. The first-order chi connectivity index (χ1) is 9.98. The second kappa shape index (κ2) is 4.56. The molecule has 5 N–H and O–H groups in total. The number of nitro groups is 1. The van der Waals surface area contributed by atoms with Crippen molar-refractivity contribution in [2.24, 2.45) is 16.5 Å². The van der Waals surface area contributed by atoms with Gasteiger partial charge in [-0.1, -0.05) is 12.1 Å². The van der Waals surface area contributed by atoms with Gasteiger partial charge in [0.25, 0.3) is 5.69 Å². The maximum absolute atomic E-state index is 10.8. The van der Waals surface area contributed by atoms with Gasteiger partial charge < -0.3 is 11.1 Å². The van der Waals surface area contributed by atoms with Crippen molar-refractivity contribution in [3.05, 3.63) is 52.2 Å². The van der Waals surface area contributed by atoms with Crippen LogP contribution in [-0.4, -0.2) is 20.7 Å². The molecule has 3 rings (SSSR count). The summed E-state index contributed by atoms with van der Waals surface area (Å²) in [6, 6.07) is 7.96. The Morgan fingerprint density at radius 2 is 2.24 bits per heavy atom. The van der Waals surface area contributed by atoms with E-state index in [2.05, 4.69) is 15.4 Å². The van der Waals surface area contributed by atoms with Crippen LogP contribution in [0.25, 0.3) is 0 Å². The minimum Gasteiger partial charge on any atom is -0.370 e. The minimum atomic E-state index is -1.22. The zero-order valence-electron chi connectivity index (χ0n) is 10.9. The molecule has 2 heterocycles. The second-order valence-corrected chi connectivity index (χ2v) is 4.73. The second-order valence-electron chi connectivity index (χ2n) is 4.73. The van der Waals surface area contributed by atoms with Gasteiger partial charge in [-0.2, -0.15) is 5.10 Å². The van der Waals surface area contributed by atoms with Crippen LogP contribution in [0, 0.1) is 10.1 Å². The molecule has 1 aromatic carbocycles. The van der Waals surface area contributed by atoms with Crippen molar-refractivity contribution in [2.75, 3.05) is 5.32 Å². The fourth-order valence-electron chi connectivity index (χ4n) is 2.32. The first-order valence-corrected chi connectivity index (χ1v) is 6.17. The van der Waals surface area contributed by atoms with E-state index in [1.165, 1.54) is 16.8 Å². The molecule has 1 aliphatic rings. The van der Waals surface area contributed by atoms with Gasteiger partial charge in [0.15, 0.2) is 5.96 Å². The smallest absolute Gasteiger partial charge is 0.269 e. The Kier molecular flexibility index (Phi) is 2.84. The van der Waals surface area contributed by atoms with Crippen molar-refractivity contribution < 1.29 is 4.92 Å². The molecule has 1 aromatic heterocycles. The number of guanidine groups is 1. The highest BCUT2D eigenvalue weighted by Gasteiger charge is 2.34. The standard InChI is InChI=1S/C12H13N7O2/c13-11-16-10-4-5-15-18(10)12(14,17-11)7-8-2-1-3-9(6-8)19(20)21/h1-6H,7,14H2,(H3,13,16,17). The fourth-order valence-corrected chi connectivity index (χ4v) is 2.32. The molecule has 0 fully saturated rings. The molecule has 0 spiro atoms. The Morgan fingerprint density at radius 1 is 1.43 bits per heavy atom. The maximum atomic E-state index is 10.8. The van der Waals surface area contributed by atoms with Crippen molar-refractivity contribution in [2.45, 2.75) is 12.2 Å².